The molecular weight excluding hydrogens is 294 g/mol. The molecule has 2 rings (SSSR count). The Bertz CT molecular complexity index is 507. The van der Waals surface area contributed by atoms with Crippen molar-refractivity contribution in [3.8, 4) is 0 Å². The van der Waals surface area contributed by atoms with Crippen LogP contribution in [-0.4, -0.2) is 28.7 Å². The average Bonchev–Trinajstić information content (AvgIpc) is 2.72. The molecule has 1 aliphatic rings. The Hall–Kier alpha value is -1.43. The predicted octanol–water partition coefficient (Wildman–Crippen LogP) is 3.01. The summed E-state index contributed by atoms with van der Waals surface area (Å²) in [6, 6.07) is 0.268. The van der Waals surface area contributed by atoms with Gasteiger partial charge >= 0.3 is 0 Å². The van der Waals surface area contributed by atoms with E-state index in [0.717, 1.165) is 18.8 Å². The number of rotatable bonds is 5. The van der Waals surface area contributed by atoms with E-state index < -0.39 is 0 Å². The first kappa shape index (κ1) is 17.9. The number of carbonyl (C=O) groups is 1. The molecule has 1 saturated carbocycles. The summed E-state index contributed by atoms with van der Waals surface area (Å²) in [5, 5.41) is 6.77. The van der Waals surface area contributed by atoms with E-state index in [1.807, 2.05) is 0 Å². The van der Waals surface area contributed by atoms with Gasteiger partial charge in [0.05, 0.1) is 0 Å². The Labute approximate surface area is 138 Å². The van der Waals surface area contributed by atoms with Gasteiger partial charge in [0, 0.05) is 6.04 Å². The number of aromatic nitrogens is 2. The number of ether oxygens (including phenoxy) is 1. The highest BCUT2D eigenvalue weighted by molar-refractivity contribution is 5.77. The van der Waals surface area contributed by atoms with Crippen molar-refractivity contribution < 1.29 is 14.1 Å². The van der Waals surface area contributed by atoms with Crippen LogP contribution in [-0.2, 0) is 16.1 Å². The van der Waals surface area contributed by atoms with Gasteiger partial charge in [0.25, 0.3) is 5.89 Å². The van der Waals surface area contributed by atoms with Gasteiger partial charge in [-0.15, -0.1) is 0 Å². The smallest absolute Gasteiger partial charge is 0.252 e. The topological polar surface area (TPSA) is 77.2 Å². The van der Waals surface area contributed by atoms with E-state index in [1.54, 1.807) is 6.92 Å². The molecule has 0 aliphatic heterocycles. The number of aryl methyl sites for hydroxylation is 1. The third-order valence-electron chi connectivity index (χ3n) is 4.59. The first-order chi connectivity index (χ1) is 10.8. The van der Waals surface area contributed by atoms with E-state index in [9.17, 15) is 4.79 Å². The molecule has 1 amide bonds. The van der Waals surface area contributed by atoms with Crippen LogP contribution < -0.4 is 5.32 Å². The lowest BCUT2D eigenvalue weighted by molar-refractivity contribution is -0.127. The molecule has 1 N–H and O–H groups in total. The van der Waals surface area contributed by atoms with E-state index in [0.29, 0.717) is 17.1 Å². The van der Waals surface area contributed by atoms with Crippen molar-refractivity contribution in [2.75, 3.05) is 6.61 Å². The number of amides is 1. The van der Waals surface area contributed by atoms with E-state index in [-0.39, 0.29) is 25.2 Å². The van der Waals surface area contributed by atoms with Crippen molar-refractivity contribution in [2.24, 2.45) is 11.3 Å². The van der Waals surface area contributed by atoms with Crippen LogP contribution in [0.15, 0.2) is 4.52 Å². The second-order valence-corrected chi connectivity index (χ2v) is 7.56. The second kappa shape index (κ2) is 7.90. The fourth-order valence-electron chi connectivity index (χ4n) is 3.21. The molecule has 23 heavy (non-hydrogen) atoms. The van der Waals surface area contributed by atoms with Gasteiger partial charge in [0.2, 0.25) is 5.91 Å². The fraction of sp³-hybridized carbons (Fsp3) is 0.824. The zero-order chi connectivity index (χ0) is 16.9. The minimum Gasteiger partial charge on any atom is -0.362 e. The maximum Gasteiger partial charge on any atom is 0.252 e. The summed E-state index contributed by atoms with van der Waals surface area (Å²) in [6.07, 6.45) is 5.71. The quantitative estimate of drug-likeness (QED) is 0.843. The van der Waals surface area contributed by atoms with Crippen LogP contribution in [0.1, 0.15) is 64.6 Å². The normalized spacial score (nSPS) is 22.6. The molecule has 130 valence electrons. The number of hydrogen-bond acceptors (Lipinski definition) is 5. The minimum absolute atomic E-state index is 0.0284. The molecule has 2 unspecified atom stereocenters. The third-order valence-corrected chi connectivity index (χ3v) is 4.59. The minimum atomic E-state index is -0.0690. The summed E-state index contributed by atoms with van der Waals surface area (Å²) in [6.45, 7) is 8.87. The Morgan fingerprint density at radius 2 is 2.09 bits per heavy atom. The molecule has 1 aromatic heterocycles. The Morgan fingerprint density at radius 1 is 1.30 bits per heavy atom. The molecule has 0 radical (unpaired) electrons. The van der Waals surface area contributed by atoms with Gasteiger partial charge in [0.15, 0.2) is 5.82 Å². The van der Waals surface area contributed by atoms with Crippen molar-refractivity contribution in [2.45, 2.75) is 72.4 Å². The number of nitrogens with zero attached hydrogens (tertiary/aromatic N) is 2. The number of hydrogen-bond donors (Lipinski definition) is 1. The summed E-state index contributed by atoms with van der Waals surface area (Å²) >= 11 is 0. The maximum absolute atomic E-state index is 12.0. The fourth-order valence-corrected chi connectivity index (χ4v) is 3.21. The summed E-state index contributed by atoms with van der Waals surface area (Å²) in [5.41, 5.74) is 0.351. The van der Waals surface area contributed by atoms with Gasteiger partial charge in [-0.3, -0.25) is 4.79 Å². The summed E-state index contributed by atoms with van der Waals surface area (Å²) in [7, 11) is 0. The Morgan fingerprint density at radius 3 is 2.74 bits per heavy atom. The number of nitrogens with one attached hydrogen (secondary N) is 1. The molecular formula is C17H29N3O3. The highest BCUT2D eigenvalue weighted by Gasteiger charge is 2.28. The lowest BCUT2D eigenvalue weighted by atomic mass is 9.76. The van der Waals surface area contributed by atoms with Gasteiger partial charge < -0.3 is 14.6 Å². The van der Waals surface area contributed by atoms with Gasteiger partial charge in [-0.25, -0.2) is 0 Å². The molecule has 0 spiro atoms. The zero-order valence-electron chi connectivity index (χ0n) is 14.7. The summed E-state index contributed by atoms with van der Waals surface area (Å²) in [4.78, 5) is 16.0. The molecule has 0 saturated heterocycles. The van der Waals surface area contributed by atoms with Gasteiger partial charge in [-0.2, -0.15) is 4.98 Å². The molecule has 1 aliphatic carbocycles. The van der Waals surface area contributed by atoms with E-state index >= 15 is 0 Å². The molecule has 2 atom stereocenters. The van der Waals surface area contributed by atoms with Crippen molar-refractivity contribution in [3.63, 3.8) is 0 Å². The molecule has 0 bridgehead atoms. The highest BCUT2D eigenvalue weighted by atomic mass is 16.5. The van der Waals surface area contributed by atoms with Gasteiger partial charge in [-0.1, -0.05) is 32.3 Å². The van der Waals surface area contributed by atoms with Crippen LogP contribution in [0.4, 0.5) is 0 Å². The molecule has 6 heteroatoms. The summed E-state index contributed by atoms with van der Waals surface area (Å²) < 4.78 is 10.3. The highest BCUT2D eigenvalue weighted by Crippen LogP contribution is 2.36. The van der Waals surface area contributed by atoms with Crippen LogP contribution in [0.2, 0.25) is 0 Å². The summed E-state index contributed by atoms with van der Waals surface area (Å²) in [5.74, 6) is 1.64. The van der Waals surface area contributed by atoms with Gasteiger partial charge in [0.1, 0.15) is 13.2 Å². The zero-order valence-corrected chi connectivity index (χ0v) is 14.7. The van der Waals surface area contributed by atoms with Crippen molar-refractivity contribution in [1.29, 1.82) is 0 Å². The second-order valence-electron chi connectivity index (χ2n) is 7.56. The Balaban J connectivity index is 1.68. The molecule has 0 aromatic carbocycles. The Kier molecular flexibility index (Phi) is 6.16. The maximum atomic E-state index is 12.0. The lowest BCUT2D eigenvalue weighted by Crippen LogP contribution is -2.37. The first-order valence-electron chi connectivity index (χ1n) is 8.51. The van der Waals surface area contributed by atoms with Crippen LogP contribution in [0, 0.1) is 18.3 Å². The third kappa shape index (κ3) is 5.94. The average molecular weight is 323 g/mol. The molecule has 1 heterocycles. The molecule has 6 nitrogen and oxygen atoms in total. The van der Waals surface area contributed by atoms with E-state index in [2.05, 4.69) is 36.2 Å². The predicted molar refractivity (Wildman–Crippen MR) is 86.7 cm³/mol. The largest absolute Gasteiger partial charge is 0.362 e. The van der Waals surface area contributed by atoms with Crippen molar-refractivity contribution in [3.05, 3.63) is 11.7 Å². The first-order valence-corrected chi connectivity index (χ1v) is 8.51. The van der Waals surface area contributed by atoms with Crippen molar-refractivity contribution in [1.82, 2.24) is 15.5 Å². The van der Waals surface area contributed by atoms with Crippen LogP contribution >= 0.6 is 0 Å². The van der Waals surface area contributed by atoms with Crippen molar-refractivity contribution >= 4 is 5.91 Å². The SMILES string of the molecule is Cc1noc(COCC(=O)NC2CCCC(C(C)(C)C)CC2)n1. The van der Waals surface area contributed by atoms with E-state index in [4.69, 9.17) is 9.26 Å². The monoisotopic (exact) mass is 323 g/mol. The lowest BCUT2D eigenvalue weighted by Gasteiger charge is -2.29. The van der Waals surface area contributed by atoms with Gasteiger partial charge in [-0.05, 0) is 43.9 Å². The number of carbonyl (C=O) groups excluding carboxylic acids is 1. The molecule has 1 fully saturated rings. The van der Waals surface area contributed by atoms with Crippen LogP contribution in [0.25, 0.3) is 0 Å². The molecule has 1 aromatic rings. The standard InChI is InChI=1S/C17H29N3O3/c1-12-18-16(23-20-12)11-22-10-15(21)19-14-7-5-6-13(8-9-14)17(2,3)4/h13-14H,5-11H2,1-4H3,(H,19,21). The van der Waals surface area contributed by atoms with E-state index in [1.165, 1.54) is 19.3 Å². The van der Waals surface area contributed by atoms with Crippen LogP contribution in [0.3, 0.4) is 0 Å². The van der Waals surface area contributed by atoms with Crippen LogP contribution in [0.5, 0.6) is 0 Å².